The fourth-order valence-corrected chi connectivity index (χ4v) is 3.74. The van der Waals surface area contributed by atoms with Gasteiger partial charge in [0.05, 0.1) is 0 Å². The monoisotopic (exact) mass is 204 g/mol. The maximum atomic E-state index is 2.50. The molecule has 0 heteroatoms. The minimum absolute atomic E-state index is 0.613. The molecule has 15 heavy (non-hydrogen) atoms. The third-order valence-electron chi connectivity index (χ3n) is 4.26. The lowest BCUT2D eigenvalue weighted by molar-refractivity contribution is 0.154. The first-order chi connectivity index (χ1) is 7.22. The van der Waals surface area contributed by atoms with Crippen molar-refractivity contribution in [2.24, 2.45) is 17.3 Å². The van der Waals surface area contributed by atoms with Gasteiger partial charge < -0.3 is 0 Å². The van der Waals surface area contributed by atoms with Gasteiger partial charge in [-0.25, -0.2) is 0 Å². The number of hydrogen-bond acceptors (Lipinski definition) is 0. The fourth-order valence-electron chi connectivity index (χ4n) is 3.74. The van der Waals surface area contributed by atoms with E-state index in [1.165, 1.54) is 38.5 Å². The lowest BCUT2D eigenvalue weighted by atomic mass is 9.68. The molecular weight excluding hydrogens is 180 g/mol. The van der Waals surface area contributed by atoms with Crippen molar-refractivity contribution in [2.45, 2.75) is 52.4 Å². The van der Waals surface area contributed by atoms with Gasteiger partial charge in [-0.3, -0.25) is 0 Å². The first-order valence-corrected chi connectivity index (χ1v) is 6.50. The largest absolute Gasteiger partial charge is 0.0877 e. The molecule has 0 radical (unpaired) electrons. The Morgan fingerprint density at radius 1 is 1.13 bits per heavy atom. The molecule has 0 spiro atoms. The van der Waals surface area contributed by atoms with Crippen molar-refractivity contribution < 1.29 is 0 Å². The van der Waals surface area contributed by atoms with E-state index < -0.39 is 0 Å². The van der Waals surface area contributed by atoms with E-state index >= 15 is 0 Å². The van der Waals surface area contributed by atoms with Gasteiger partial charge in [0.2, 0.25) is 0 Å². The molecule has 0 saturated heterocycles. The van der Waals surface area contributed by atoms with Gasteiger partial charge in [-0.2, -0.15) is 0 Å². The molecule has 0 aromatic heterocycles. The van der Waals surface area contributed by atoms with E-state index in [1.807, 2.05) is 0 Å². The highest BCUT2D eigenvalue weighted by atomic mass is 14.4. The van der Waals surface area contributed by atoms with Crippen molar-refractivity contribution in [3.05, 3.63) is 24.3 Å². The van der Waals surface area contributed by atoms with Crippen LogP contribution in [0.3, 0.4) is 0 Å². The molecule has 2 unspecified atom stereocenters. The Labute approximate surface area is 94.5 Å². The summed E-state index contributed by atoms with van der Waals surface area (Å²) in [7, 11) is 0. The Morgan fingerprint density at radius 3 is 2.40 bits per heavy atom. The van der Waals surface area contributed by atoms with Gasteiger partial charge in [0.15, 0.2) is 0 Å². The van der Waals surface area contributed by atoms with Crippen LogP contribution in [0.5, 0.6) is 0 Å². The van der Waals surface area contributed by atoms with Crippen LogP contribution >= 0.6 is 0 Å². The zero-order valence-corrected chi connectivity index (χ0v) is 10.2. The van der Waals surface area contributed by atoms with Gasteiger partial charge >= 0.3 is 0 Å². The maximum Gasteiger partial charge on any atom is -0.0286 e. The zero-order chi connectivity index (χ0) is 10.7. The van der Waals surface area contributed by atoms with Crippen molar-refractivity contribution in [1.29, 1.82) is 0 Å². The van der Waals surface area contributed by atoms with Crippen LogP contribution in [-0.4, -0.2) is 0 Å². The van der Waals surface area contributed by atoms with Crippen LogP contribution in [0.2, 0.25) is 0 Å². The number of rotatable bonds is 3. The summed E-state index contributed by atoms with van der Waals surface area (Å²) >= 11 is 0. The smallest absolute Gasteiger partial charge is 0.0286 e. The van der Waals surface area contributed by atoms with Gasteiger partial charge in [-0.15, -0.1) is 0 Å². The molecule has 2 saturated carbocycles. The van der Waals surface area contributed by atoms with Crippen molar-refractivity contribution in [3.63, 3.8) is 0 Å². The van der Waals surface area contributed by atoms with Crippen LogP contribution in [0, 0.1) is 17.3 Å². The molecule has 0 heterocycles. The molecule has 0 aliphatic heterocycles. The minimum Gasteiger partial charge on any atom is -0.0877 e. The predicted molar refractivity (Wildman–Crippen MR) is 66.7 cm³/mol. The third-order valence-corrected chi connectivity index (χ3v) is 4.26. The van der Waals surface area contributed by atoms with Gasteiger partial charge in [0, 0.05) is 0 Å². The lowest BCUT2D eigenvalue weighted by Gasteiger charge is -2.37. The summed E-state index contributed by atoms with van der Waals surface area (Å²) in [5, 5.41) is 0. The summed E-state index contributed by atoms with van der Waals surface area (Å²) in [6.45, 7) is 4.57. The Balaban J connectivity index is 1.90. The zero-order valence-electron chi connectivity index (χ0n) is 10.2. The Bertz CT molecular complexity index is 247. The molecule has 84 valence electrons. The summed E-state index contributed by atoms with van der Waals surface area (Å²) in [6, 6.07) is 0. The second-order valence-corrected chi connectivity index (χ2v) is 5.92. The van der Waals surface area contributed by atoms with Crippen molar-refractivity contribution in [2.75, 3.05) is 0 Å². The van der Waals surface area contributed by atoms with E-state index in [9.17, 15) is 0 Å². The molecule has 2 bridgehead atoms. The molecule has 0 aromatic rings. The molecule has 2 rings (SSSR count). The molecule has 2 aliphatic rings. The normalized spacial score (nSPS) is 40.7. The van der Waals surface area contributed by atoms with Crippen molar-refractivity contribution >= 4 is 0 Å². The molecule has 0 N–H and O–H groups in total. The van der Waals surface area contributed by atoms with Crippen LogP contribution in [0.15, 0.2) is 24.3 Å². The second-order valence-electron chi connectivity index (χ2n) is 5.92. The van der Waals surface area contributed by atoms with Crippen LogP contribution in [-0.2, 0) is 0 Å². The van der Waals surface area contributed by atoms with Gasteiger partial charge in [0.25, 0.3) is 0 Å². The Kier molecular flexibility index (Phi) is 3.33. The first kappa shape index (κ1) is 11.0. The van der Waals surface area contributed by atoms with Gasteiger partial charge in [0.1, 0.15) is 0 Å². The van der Waals surface area contributed by atoms with E-state index in [2.05, 4.69) is 38.2 Å². The van der Waals surface area contributed by atoms with E-state index in [0.717, 1.165) is 11.8 Å². The Hall–Kier alpha value is -0.520. The summed E-state index contributed by atoms with van der Waals surface area (Å²) in [4.78, 5) is 0. The summed E-state index contributed by atoms with van der Waals surface area (Å²) in [5.74, 6) is 2.12. The average molecular weight is 204 g/mol. The molecule has 0 aromatic carbocycles. The predicted octanol–water partition coefficient (Wildman–Crippen LogP) is 4.73. The fraction of sp³-hybridized carbons (Fsp3) is 0.733. The van der Waals surface area contributed by atoms with E-state index in [4.69, 9.17) is 0 Å². The summed E-state index contributed by atoms with van der Waals surface area (Å²) in [6.07, 6.45) is 17.6. The van der Waals surface area contributed by atoms with Crippen LogP contribution in [0.1, 0.15) is 52.4 Å². The third kappa shape index (κ3) is 2.74. The lowest BCUT2D eigenvalue weighted by Crippen LogP contribution is -2.25. The van der Waals surface area contributed by atoms with Crippen molar-refractivity contribution in [3.8, 4) is 0 Å². The van der Waals surface area contributed by atoms with Crippen molar-refractivity contribution in [1.82, 2.24) is 0 Å². The SMILES string of the molecule is C/C=C\C=C/CC1(C)CC2CCC(C2)C1. The van der Waals surface area contributed by atoms with Crippen LogP contribution in [0.25, 0.3) is 0 Å². The molecule has 2 aliphatic carbocycles. The summed E-state index contributed by atoms with van der Waals surface area (Å²) in [5.41, 5.74) is 0.613. The van der Waals surface area contributed by atoms with E-state index in [1.54, 1.807) is 0 Å². The number of hydrogen-bond donors (Lipinski definition) is 0. The Morgan fingerprint density at radius 2 is 1.80 bits per heavy atom. The molecule has 0 amide bonds. The van der Waals surface area contributed by atoms with Gasteiger partial charge in [-0.05, 0) is 49.9 Å². The van der Waals surface area contributed by atoms with E-state index in [0.29, 0.717) is 5.41 Å². The summed E-state index contributed by atoms with van der Waals surface area (Å²) < 4.78 is 0. The number of fused-ring (bicyclic) bond motifs is 2. The van der Waals surface area contributed by atoms with Crippen LogP contribution < -0.4 is 0 Å². The molecular formula is C15H24. The molecule has 0 nitrogen and oxygen atoms in total. The first-order valence-electron chi connectivity index (χ1n) is 6.50. The highest BCUT2D eigenvalue weighted by Gasteiger charge is 2.39. The second kappa shape index (κ2) is 4.55. The quantitative estimate of drug-likeness (QED) is 0.583. The highest BCUT2D eigenvalue weighted by Crippen LogP contribution is 2.52. The molecule has 2 fully saturated rings. The molecule has 2 atom stereocenters. The minimum atomic E-state index is 0.613. The topological polar surface area (TPSA) is 0 Å². The maximum absolute atomic E-state index is 2.50. The van der Waals surface area contributed by atoms with Crippen LogP contribution in [0.4, 0.5) is 0 Å². The standard InChI is InChI=1S/C15H24/c1-3-4-5-6-9-15(2)11-13-7-8-14(10-13)12-15/h3-6,13-14H,7-12H2,1-2H3/b4-3-,6-5-. The number of allylic oxidation sites excluding steroid dienone is 4. The van der Waals surface area contributed by atoms with E-state index in [-0.39, 0.29) is 0 Å². The van der Waals surface area contributed by atoms with Gasteiger partial charge in [-0.1, -0.05) is 44.1 Å². The average Bonchev–Trinajstić information content (AvgIpc) is 2.54. The highest BCUT2D eigenvalue weighted by molar-refractivity contribution is 5.04.